The molecule has 0 bridgehead atoms. The molecule has 8 heteroatoms. The maximum atomic E-state index is 13.4. The standard InChI is InChI=1S/C18H14F2N4O2/c19-15-5-4-14(9-16(15)20)24-7-6-23(18(24)26)11-17(25)22-13-3-1-2-12(8-13)10-21/h1-5,8-9H,6-7,11H2,(H,22,25). The fourth-order valence-corrected chi connectivity index (χ4v) is 2.66. The SMILES string of the molecule is N#Cc1cccc(NC(=O)CN2CCN(c3ccc(F)c(F)c3)C2=O)c1. The molecule has 0 saturated carbocycles. The second-order valence-corrected chi connectivity index (χ2v) is 5.69. The minimum absolute atomic E-state index is 0.185. The zero-order chi connectivity index (χ0) is 18.7. The molecule has 0 atom stereocenters. The van der Waals surface area contributed by atoms with E-state index >= 15 is 0 Å². The molecule has 0 spiro atoms. The zero-order valence-corrected chi connectivity index (χ0v) is 13.6. The molecule has 132 valence electrons. The molecule has 1 saturated heterocycles. The van der Waals surface area contributed by atoms with Crippen molar-refractivity contribution in [2.24, 2.45) is 0 Å². The maximum Gasteiger partial charge on any atom is 0.325 e. The average Bonchev–Trinajstić information content (AvgIpc) is 2.98. The molecule has 2 aromatic carbocycles. The third kappa shape index (κ3) is 3.62. The highest BCUT2D eigenvalue weighted by molar-refractivity contribution is 5.99. The number of rotatable bonds is 4. The number of benzene rings is 2. The Morgan fingerprint density at radius 3 is 2.69 bits per heavy atom. The number of hydrogen-bond acceptors (Lipinski definition) is 3. The highest BCUT2D eigenvalue weighted by Gasteiger charge is 2.31. The summed E-state index contributed by atoms with van der Waals surface area (Å²) >= 11 is 0. The number of carbonyl (C=O) groups excluding carboxylic acids is 2. The molecule has 1 fully saturated rings. The minimum Gasteiger partial charge on any atom is -0.325 e. The van der Waals surface area contributed by atoms with Crippen LogP contribution in [0, 0.1) is 23.0 Å². The lowest BCUT2D eigenvalue weighted by Crippen LogP contribution is -2.37. The summed E-state index contributed by atoms with van der Waals surface area (Å²) in [7, 11) is 0. The first kappa shape index (κ1) is 17.4. The quantitative estimate of drug-likeness (QED) is 0.915. The second kappa shape index (κ2) is 7.19. The van der Waals surface area contributed by atoms with Crippen molar-refractivity contribution in [2.75, 3.05) is 29.9 Å². The number of carbonyl (C=O) groups is 2. The fourth-order valence-electron chi connectivity index (χ4n) is 2.66. The predicted octanol–water partition coefficient (Wildman–Crippen LogP) is 2.72. The number of nitrogens with one attached hydrogen (secondary N) is 1. The van der Waals surface area contributed by atoms with Crippen molar-refractivity contribution in [1.29, 1.82) is 5.26 Å². The Hall–Kier alpha value is -3.47. The van der Waals surface area contributed by atoms with E-state index in [2.05, 4.69) is 5.32 Å². The van der Waals surface area contributed by atoms with E-state index in [-0.39, 0.29) is 25.3 Å². The van der Waals surface area contributed by atoms with Crippen molar-refractivity contribution in [3.8, 4) is 6.07 Å². The van der Waals surface area contributed by atoms with E-state index in [1.807, 2.05) is 6.07 Å². The van der Waals surface area contributed by atoms with E-state index in [0.717, 1.165) is 12.1 Å². The summed E-state index contributed by atoms with van der Waals surface area (Å²) in [5.74, 6) is -2.44. The lowest BCUT2D eigenvalue weighted by molar-refractivity contribution is -0.116. The van der Waals surface area contributed by atoms with E-state index in [1.54, 1.807) is 18.2 Å². The minimum atomic E-state index is -1.04. The van der Waals surface area contributed by atoms with Crippen LogP contribution in [0.15, 0.2) is 42.5 Å². The first-order chi connectivity index (χ1) is 12.5. The number of urea groups is 1. The van der Waals surface area contributed by atoms with Crippen LogP contribution in [-0.4, -0.2) is 36.5 Å². The number of nitriles is 1. The molecule has 1 N–H and O–H groups in total. The van der Waals surface area contributed by atoms with E-state index in [0.29, 0.717) is 11.3 Å². The maximum absolute atomic E-state index is 13.4. The van der Waals surface area contributed by atoms with Gasteiger partial charge in [0.25, 0.3) is 0 Å². The lowest BCUT2D eigenvalue weighted by Gasteiger charge is -2.18. The van der Waals surface area contributed by atoms with Gasteiger partial charge in [0, 0.05) is 30.5 Å². The van der Waals surface area contributed by atoms with E-state index in [9.17, 15) is 18.4 Å². The number of hydrogen-bond donors (Lipinski definition) is 1. The molecule has 26 heavy (non-hydrogen) atoms. The molecule has 0 radical (unpaired) electrons. The largest absolute Gasteiger partial charge is 0.325 e. The van der Waals surface area contributed by atoms with Crippen LogP contribution in [0.3, 0.4) is 0 Å². The summed E-state index contributed by atoms with van der Waals surface area (Å²) < 4.78 is 26.4. The Morgan fingerprint density at radius 1 is 1.15 bits per heavy atom. The van der Waals surface area contributed by atoms with E-state index < -0.39 is 23.6 Å². The van der Waals surface area contributed by atoms with Gasteiger partial charge in [-0.15, -0.1) is 0 Å². The summed E-state index contributed by atoms with van der Waals surface area (Å²) in [5, 5.41) is 11.5. The van der Waals surface area contributed by atoms with Crippen molar-refractivity contribution >= 4 is 23.3 Å². The number of halogens is 2. The molecule has 6 nitrogen and oxygen atoms in total. The molecule has 0 unspecified atom stereocenters. The highest BCUT2D eigenvalue weighted by atomic mass is 19.2. The van der Waals surface area contributed by atoms with Gasteiger partial charge in [-0.3, -0.25) is 9.69 Å². The fraction of sp³-hybridized carbons (Fsp3) is 0.167. The molecule has 1 aliphatic heterocycles. The highest BCUT2D eigenvalue weighted by Crippen LogP contribution is 2.22. The number of nitrogens with zero attached hydrogens (tertiary/aromatic N) is 3. The molecular formula is C18H14F2N4O2. The van der Waals surface area contributed by atoms with Crippen molar-refractivity contribution < 1.29 is 18.4 Å². The average molecular weight is 356 g/mol. The van der Waals surface area contributed by atoms with Gasteiger partial charge in [0.15, 0.2) is 11.6 Å². The van der Waals surface area contributed by atoms with Crippen LogP contribution in [0.1, 0.15) is 5.56 Å². The summed E-state index contributed by atoms with van der Waals surface area (Å²) in [5.41, 5.74) is 1.10. The van der Waals surface area contributed by atoms with Crippen LogP contribution < -0.4 is 10.2 Å². The predicted molar refractivity (Wildman–Crippen MR) is 90.5 cm³/mol. The smallest absolute Gasteiger partial charge is 0.325 e. The van der Waals surface area contributed by atoms with E-state index in [1.165, 1.54) is 21.9 Å². The molecule has 0 aliphatic carbocycles. The lowest BCUT2D eigenvalue weighted by atomic mass is 10.2. The van der Waals surface area contributed by atoms with E-state index in [4.69, 9.17) is 5.26 Å². The molecule has 0 aromatic heterocycles. The van der Waals surface area contributed by atoms with Gasteiger partial charge < -0.3 is 10.2 Å². The molecular weight excluding hydrogens is 342 g/mol. The molecule has 3 rings (SSSR count). The van der Waals surface area contributed by atoms with Gasteiger partial charge in [-0.25, -0.2) is 13.6 Å². The van der Waals surface area contributed by atoms with Gasteiger partial charge >= 0.3 is 6.03 Å². The van der Waals surface area contributed by atoms with Gasteiger partial charge in [0.2, 0.25) is 5.91 Å². The van der Waals surface area contributed by atoms with Gasteiger partial charge in [0.1, 0.15) is 6.54 Å². The summed E-state index contributed by atoms with van der Waals surface area (Å²) in [4.78, 5) is 27.1. The van der Waals surface area contributed by atoms with Crippen LogP contribution in [0.2, 0.25) is 0 Å². The third-order valence-electron chi connectivity index (χ3n) is 3.92. The Bertz CT molecular complexity index is 910. The monoisotopic (exact) mass is 356 g/mol. The molecule has 3 amide bonds. The Balaban J connectivity index is 1.64. The Kier molecular flexibility index (Phi) is 4.80. The van der Waals surface area contributed by atoms with Crippen LogP contribution in [0.25, 0.3) is 0 Å². The summed E-state index contributed by atoms with van der Waals surface area (Å²) in [6.07, 6.45) is 0. The van der Waals surface area contributed by atoms with Crippen LogP contribution in [0.5, 0.6) is 0 Å². The van der Waals surface area contributed by atoms with Crippen molar-refractivity contribution in [1.82, 2.24) is 4.90 Å². The van der Waals surface area contributed by atoms with Gasteiger partial charge in [-0.1, -0.05) is 6.07 Å². The van der Waals surface area contributed by atoms with Gasteiger partial charge in [0.05, 0.1) is 11.6 Å². The molecule has 1 heterocycles. The van der Waals surface area contributed by atoms with Gasteiger partial charge in [-0.05, 0) is 30.3 Å². The summed E-state index contributed by atoms with van der Waals surface area (Å²) in [6, 6.07) is 11.1. The van der Waals surface area contributed by atoms with Crippen LogP contribution in [-0.2, 0) is 4.79 Å². The van der Waals surface area contributed by atoms with Crippen LogP contribution in [0.4, 0.5) is 25.0 Å². The van der Waals surface area contributed by atoms with Crippen LogP contribution >= 0.6 is 0 Å². The third-order valence-corrected chi connectivity index (χ3v) is 3.92. The molecule has 1 aliphatic rings. The number of amides is 3. The van der Waals surface area contributed by atoms with Gasteiger partial charge in [-0.2, -0.15) is 5.26 Å². The second-order valence-electron chi connectivity index (χ2n) is 5.69. The molecule has 2 aromatic rings. The van der Waals surface area contributed by atoms with Crippen molar-refractivity contribution in [3.63, 3.8) is 0 Å². The number of anilines is 2. The van der Waals surface area contributed by atoms with Crippen molar-refractivity contribution in [2.45, 2.75) is 0 Å². The van der Waals surface area contributed by atoms with Crippen molar-refractivity contribution in [3.05, 3.63) is 59.7 Å². The first-order valence-corrected chi connectivity index (χ1v) is 7.79. The topological polar surface area (TPSA) is 76.4 Å². The first-order valence-electron chi connectivity index (χ1n) is 7.79. The Labute approximate surface area is 148 Å². The normalized spacial score (nSPS) is 13.7. The zero-order valence-electron chi connectivity index (χ0n) is 13.6. The Morgan fingerprint density at radius 2 is 1.96 bits per heavy atom. The summed E-state index contributed by atoms with van der Waals surface area (Å²) in [6.45, 7) is 0.361.